The number of benzene rings is 1. The van der Waals surface area contributed by atoms with Crippen LogP contribution in [0, 0.1) is 17.2 Å². The Morgan fingerprint density at radius 2 is 1.97 bits per heavy atom. The second-order valence-electron chi connectivity index (χ2n) is 9.28. The van der Waals surface area contributed by atoms with Crippen molar-refractivity contribution in [2.75, 3.05) is 31.1 Å². The number of nitriles is 1. The van der Waals surface area contributed by atoms with Crippen molar-refractivity contribution in [3.05, 3.63) is 65.6 Å². The van der Waals surface area contributed by atoms with Gasteiger partial charge in [0.15, 0.2) is 5.82 Å². The number of carbonyl (C=O) groups is 1. The number of anilines is 1. The molecule has 1 saturated heterocycles. The minimum Gasteiger partial charge on any atom is -0.466 e. The maximum absolute atomic E-state index is 13.5. The molecule has 2 aliphatic rings. The first-order valence-corrected chi connectivity index (χ1v) is 14.1. The molecule has 11 heteroatoms. The lowest BCUT2D eigenvalue weighted by molar-refractivity contribution is -0.148. The lowest BCUT2D eigenvalue weighted by Gasteiger charge is -2.36. The molecule has 0 saturated carbocycles. The highest BCUT2D eigenvalue weighted by molar-refractivity contribution is 7.89. The zero-order chi connectivity index (χ0) is 26.7. The van der Waals surface area contributed by atoms with Gasteiger partial charge in [0.25, 0.3) is 0 Å². The van der Waals surface area contributed by atoms with Gasteiger partial charge in [0.2, 0.25) is 10.0 Å². The average molecular weight is 533 g/mol. The van der Waals surface area contributed by atoms with Gasteiger partial charge in [0.1, 0.15) is 5.82 Å². The fourth-order valence-electron chi connectivity index (χ4n) is 4.93. The molecule has 0 N–H and O–H groups in total. The van der Waals surface area contributed by atoms with Crippen molar-refractivity contribution in [1.29, 1.82) is 5.26 Å². The Morgan fingerprint density at radius 1 is 1.16 bits per heavy atom. The summed E-state index contributed by atoms with van der Waals surface area (Å²) < 4.78 is 33.7. The number of sulfonamides is 1. The molecule has 3 aromatic rings. The van der Waals surface area contributed by atoms with Crippen molar-refractivity contribution in [1.82, 2.24) is 19.3 Å². The molecule has 5 rings (SSSR count). The number of nitrogens with zero attached hydrogens (tertiary/aromatic N) is 6. The molecule has 4 heterocycles. The molecule has 2 aromatic heterocycles. The number of esters is 1. The van der Waals surface area contributed by atoms with Crippen LogP contribution in [0.25, 0.3) is 11.4 Å². The van der Waals surface area contributed by atoms with Gasteiger partial charge in [-0.2, -0.15) is 9.57 Å². The second-order valence-corrected chi connectivity index (χ2v) is 11.2. The van der Waals surface area contributed by atoms with E-state index in [1.54, 1.807) is 31.5 Å². The van der Waals surface area contributed by atoms with Crippen LogP contribution in [-0.2, 0) is 32.5 Å². The first-order chi connectivity index (χ1) is 18.4. The fourth-order valence-corrected chi connectivity index (χ4v) is 6.38. The normalized spacial score (nSPS) is 16.5. The topological polar surface area (TPSA) is 129 Å². The van der Waals surface area contributed by atoms with Crippen LogP contribution in [0.4, 0.5) is 5.82 Å². The molecule has 10 nitrogen and oxygen atoms in total. The van der Waals surface area contributed by atoms with E-state index >= 15 is 0 Å². The molecule has 0 spiro atoms. The molecule has 0 aliphatic carbocycles. The lowest BCUT2D eigenvalue weighted by Crippen LogP contribution is -2.41. The molecule has 0 radical (unpaired) electrons. The SMILES string of the molecule is CCOC(=O)C1CCN(c2nc(-c3cccnc3)nc3c2CN(S(=O)(=O)c2cccc(C#N)c2)CC3)CC1. The predicted octanol–water partition coefficient (Wildman–Crippen LogP) is 2.94. The van der Waals surface area contributed by atoms with E-state index in [0.29, 0.717) is 50.6 Å². The minimum absolute atomic E-state index is 0.0877. The Labute approximate surface area is 222 Å². The third-order valence-corrected chi connectivity index (χ3v) is 8.78. The zero-order valence-electron chi connectivity index (χ0n) is 21.1. The highest BCUT2D eigenvalue weighted by atomic mass is 32.2. The number of hydrogen-bond acceptors (Lipinski definition) is 9. The Bertz CT molecular complexity index is 1480. The summed E-state index contributed by atoms with van der Waals surface area (Å²) in [6, 6.07) is 11.8. The van der Waals surface area contributed by atoms with Gasteiger partial charge in [-0.1, -0.05) is 6.07 Å². The van der Waals surface area contributed by atoms with Crippen molar-refractivity contribution in [2.45, 2.75) is 37.6 Å². The first kappa shape index (κ1) is 25.8. The van der Waals surface area contributed by atoms with E-state index in [9.17, 15) is 18.5 Å². The molecular formula is C27H28N6O4S. The summed E-state index contributed by atoms with van der Waals surface area (Å²) in [5.41, 5.74) is 2.64. The standard InChI is InChI=1S/C27H28N6O4S/c1-2-37-27(34)20-8-12-32(13-9-20)26-23-18-33(38(35,36)22-7-3-5-19(15-22)16-28)14-10-24(23)30-25(31-26)21-6-4-11-29-17-21/h3-7,11,15,17,20H,2,8-10,12-14,18H2,1H3. The van der Waals surface area contributed by atoms with Gasteiger partial charge in [0, 0.05) is 56.1 Å². The van der Waals surface area contributed by atoms with Gasteiger partial charge in [-0.3, -0.25) is 9.78 Å². The Morgan fingerprint density at radius 3 is 2.68 bits per heavy atom. The first-order valence-electron chi connectivity index (χ1n) is 12.6. The summed E-state index contributed by atoms with van der Waals surface area (Å²) in [7, 11) is -3.84. The maximum Gasteiger partial charge on any atom is 0.309 e. The number of hydrogen-bond donors (Lipinski definition) is 0. The maximum atomic E-state index is 13.5. The molecule has 0 amide bonds. The van der Waals surface area contributed by atoms with Crippen molar-refractivity contribution in [2.24, 2.45) is 5.92 Å². The Balaban J connectivity index is 1.49. The van der Waals surface area contributed by atoms with Crippen LogP contribution in [0.1, 0.15) is 36.6 Å². The number of rotatable bonds is 6. The van der Waals surface area contributed by atoms with Crippen molar-refractivity contribution in [3.8, 4) is 17.5 Å². The van der Waals surface area contributed by atoms with Crippen LogP contribution in [0.3, 0.4) is 0 Å². The number of pyridine rings is 1. The van der Waals surface area contributed by atoms with Crippen molar-refractivity contribution in [3.63, 3.8) is 0 Å². The number of carbonyl (C=O) groups excluding carboxylic acids is 1. The van der Waals surface area contributed by atoms with Crippen LogP contribution in [0.2, 0.25) is 0 Å². The van der Waals surface area contributed by atoms with E-state index in [4.69, 9.17) is 14.7 Å². The van der Waals surface area contributed by atoms with Gasteiger partial charge in [-0.05, 0) is 50.1 Å². The van der Waals surface area contributed by atoms with E-state index in [0.717, 1.165) is 16.8 Å². The van der Waals surface area contributed by atoms with Gasteiger partial charge < -0.3 is 9.64 Å². The van der Waals surface area contributed by atoms with E-state index in [1.165, 1.54) is 16.4 Å². The lowest BCUT2D eigenvalue weighted by atomic mass is 9.96. The van der Waals surface area contributed by atoms with Gasteiger partial charge in [0.05, 0.1) is 34.7 Å². The van der Waals surface area contributed by atoms with Gasteiger partial charge in [-0.25, -0.2) is 18.4 Å². The average Bonchev–Trinajstić information content (AvgIpc) is 2.97. The molecule has 1 fully saturated rings. The van der Waals surface area contributed by atoms with Crippen LogP contribution in [0.15, 0.2) is 53.7 Å². The molecule has 0 bridgehead atoms. The van der Waals surface area contributed by atoms with Crippen LogP contribution < -0.4 is 4.90 Å². The largest absolute Gasteiger partial charge is 0.466 e. The predicted molar refractivity (Wildman–Crippen MR) is 139 cm³/mol. The van der Waals surface area contributed by atoms with E-state index in [-0.39, 0.29) is 35.4 Å². The molecule has 38 heavy (non-hydrogen) atoms. The van der Waals surface area contributed by atoms with Gasteiger partial charge in [-0.15, -0.1) is 0 Å². The number of piperidine rings is 1. The number of aromatic nitrogens is 3. The monoisotopic (exact) mass is 532 g/mol. The Hall–Kier alpha value is -3.88. The van der Waals surface area contributed by atoms with E-state index in [1.807, 2.05) is 18.2 Å². The summed E-state index contributed by atoms with van der Waals surface area (Å²) in [6.07, 6.45) is 5.08. The van der Waals surface area contributed by atoms with E-state index in [2.05, 4.69) is 9.88 Å². The molecular weight excluding hydrogens is 504 g/mol. The minimum atomic E-state index is -3.84. The highest BCUT2D eigenvalue weighted by Gasteiger charge is 2.34. The summed E-state index contributed by atoms with van der Waals surface area (Å²) in [5.74, 6) is 0.884. The molecule has 196 valence electrons. The number of ether oxygens (including phenoxy) is 1. The third-order valence-electron chi connectivity index (χ3n) is 6.94. The van der Waals surface area contributed by atoms with Crippen LogP contribution >= 0.6 is 0 Å². The summed E-state index contributed by atoms with van der Waals surface area (Å²) in [5, 5.41) is 9.24. The summed E-state index contributed by atoms with van der Waals surface area (Å²) >= 11 is 0. The molecule has 0 atom stereocenters. The quantitative estimate of drug-likeness (QED) is 0.440. The van der Waals surface area contributed by atoms with Crippen LogP contribution in [0.5, 0.6) is 0 Å². The van der Waals surface area contributed by atoms with Crippen molar-refractivity contribution >= 4 is 21.8 Å². The van der Waals surface area contributed by atoms with E-state index < -0.39 is 10.0 Å². The van der Waals surface area contributed by atoms with Crippen molar-refractivity contribution < 1.29 is 17.9 Å². The number of fused-ring (bicyclic) bond motifs is 1. The highest BCUT2D eigenvalue weighted by Crippen LogP contribution is 2.34. The fraction of sp³-hybridized carbons (Fsp3) is 0.370. The third kappa shape index (κ3) is 5.10. The smallest absolute Gasteiger partial charge is 0.309 e. The molecule has 0 unspecified atom stereocenters. The molecule has 1 aromatic carbocycles. The molecule has 2 aliphatic heterocycles. The van der Waals surface area contributed by atoms with Crippen LogP contribution in [-0.4, -0.2) is 59.9 Å². The van der Waals surface area contributed by atoms with Gasteiger partial charge >= 0.3 is 5.97 Å². The summed E-state index contributed by atoms with van der Waals surface area (Å²) in [6.45, 7) is 3.73. The zero-order valence-corrected chi connectivity index (χ0v) is 21.9. The summed E-state index contributed by atoms with van der Waals surface area (Å²) in [4.78, 5) is 28.4. The second kappa shape index (κ2) is 10.8. The Kier molecular flexibility index (Phi) is 7.35.